The maximum absolute atomic E-state index is 13.9. The normalized spacial score (nSPS) is 11.1. The monoisotopic (exact) mass is 486 g/mol. The average Bonchev–Trinajstić information content (AvgIpc) is 2.83. The molecular formula is C25H27FN2O5S. The van der Waals surface area contributed by atoms with Gasteiger partial charge in [0.2, 0.25) is 0 Å². The zero-order valence-electron chi connectivity index (χ0n) is 19.5. The van der Waals surface area contributed by atoms with Crippen LogP contribution >= 0.6 is 0 Å². The highest BCUT2D eigenvalue weighted by atomic mass is 32.2. The number of rotatable bonds is 9. The van der Waals surface area contributed by atoms with Gasteiger partial charge in [-0.2, -0.15) is 0 Å². The molecule has 0 aliphatic carbocycles. The van der Waals surface area contributed by atoms with Crippen LogP contribution < -0.4 is 14.2 Å². The number of sulfonamides is 1. The van der Waals surface area contributed by atoms with Gasteiger partial charge in [-0.25, -0.2) is 12.8 Å². The van der Waals surface area contributed by atoms with Crippen LogP contribution in [-0.4, -0.2) is 47.0 Å². The van der Waals surface area contributed by atoms with Crippen molar-refractivity contribution in [1.82, 2.24) is 4.90 Å². The van der Waals surface area contributed by atoms with E-state index in [1.807, 2.05) is 12.1 Å². The van der Waals surface area contributed by atoms with Gasteiger partial charge in [0, 0.05) is 19.2 Å². The quantitative estimate of drug-likeness (QED) is 0.488. The molecule has 0 aromatic heterocycles. The van der Waals surface area contributed by atoms with Gasteiger partial charge in [-0.1, -0.05) is 24.3 Å². The van der Waals surface area contributed by atoms with Crippen molar-refractivity contribution in [1.29, 1.82) is 0 Å². The molecule has 9 heteroatoms. The molecule has 0 saturated heterocycles. The molecule has 34 heavy (non-hydrogen) atoms. The Kier molecular flexibility index (Phi) is 7.78. The lowest BCUT2D eigenvalue weighted by Gasteiger charge is -2.19. The highest BCUT2D eigenvalue weighted by Gasteiger charge is 2.21. The molecule has 1 amide bonds. The molecular weight excluding hydrogens is 459 g/mol. The fourth-order valence-electron chi connectivity index (χ4n) is 3.39. The van der Waals surface area contributed by atoms with Crippen molar-refractivity contribution in [3.8, 4) is 11.5 Å². The molecule has 3 aromatic rings. The number of likely N-dealkylation sites (N-methyl/N-ethyl adjacent to an activating group) is 1. The number of carbonyl (C=O) groups excluding carboxylic acids is 1. The van der Waals surface area contributed by atoms with E-state index in [0.717, 1.165) is 11.6 Å². The molecule has 0 heterocycles. The SMILES string of the molecule is COc1ccc(CCN(C)C(=O)c2cc(S(=O)(=O)Nc3ccccc3F)ccc2C)cc1OC. The van der Waals surface area contributed by atoms with Gasteiger partial charge < -0.3 is 14.4 Å². The van der Waals surface area contributed by atoms with E-state index in [-0.39, 0.29) is 22.1 Å². The molecule has 0 spiro atoms. The Balaban J connectivity index is 1.77. The van der Waals surface area contributed by atoms with Gasteiger partial charge in [0.05, 0.1) is 24.8 Å². The van der Waals surface area contributed by atoms with Crippen LogP contribution in [0, 0.1) is 12.7 Å². The topological polar surface area (TPSA) is 84.9 Å². The summed E-state index contributed by atoms with van der Waals surface area (Å²) in [5.74, 6) is 0.212. The minimum absolute atomic E-state index is 0.127. The van der Waals surface area contributed by atoms with Crippen molar-refractivity contribution < 1.29 is 27.1 Å². The van der Waals surface area contributed by atoms with Crippen LogP contribution in [0.15, 0.2) is 65.6 Å². The third kappa shape index (κ3) is 5.66. The zero-order chi connectivity index (χ0) is 24.9. The summed E-state index contributed by atoms with van der Waals surface area (Å²) in [5, 5.41) is 0. The number of nitrogens with zero attached hydrogens (tertiary/aromatic N) is 1. The summed E-state index contributed by atoms with van der Waals surface area (Å²) in [6.45, 7) is 2.13. The third-order valence-corrected chi connectivity index (χ3v) is 6.76. The highest BCUT2D eigenvalue weighted by molar-refractivity contribution is 7.92. The third-order valence-electron chi connectivity index (χ3n) is 5.40. The molecule has 3 rings (SSSR count). The van der Waals surface area contributed by atoms with Crippen LogP contribution in [0.2, 0.25) is 0 Å². The molecule has 180 valence electrons. The van der Waals surface area contributed by atoms with E-state index in [9.17, 15) is 17.6 Å². The highest BCUT2D eigenvalue weighted by Crippen LogP contribution is 2.28. The number of anilines is 1. The Labute approximate surface area is 199 Å². The van der Waals surface area contributed by atoms with Crippen molar-refractivity contribution >= 4 is 21.6 Å². The number of halogens is 1. The molecule has 1 N–H and O–H groups in total. The smallest absolute Gasteiger partial charge is 0.262 e. The molecule has 3 aromatic carbocycles. The Bertz CT molecular complexity index is 1290. The van der Waals surface area contributed by atoms with Crippen LogP contribution in [0.1, 0.15) is 21.5 Å². The second kappa shape index (κ2) is 10.6. The number of benzene rings is 3. The van der Waals surface area contributed by atoms with Gasteiger partial charge >= 0.3 is 0 Å². The first-order chi connectivity index (χ1) is 16.2. The van der Waals surface area contributed by atoms with Gasteiger partial charge in [0.25, 0.3) is 15.9 Å². The van der Waals surface area contributed by atoms with Crippen LogP contribution in [0.5, 0.6) is 11.5 Å². The Morgan fingerprint density at radius 3 is 2.38 bits per heavy atom. The number of hydrogen-bond donors (Lipinski definition) is 1. The first kappa shape index (κ1) is 25.0. The fraction of sp³-hybridized carbons (Fsp3) is 0.240. The summed E-state index contributed by atoms with van der Waals surface area (Å²) in [7, 11) is 0.683. The van der Waals surface area contributed by atoms with Crippen molar-refractivity contribution in [2.45, 2.75) is 18.2 Å². The number of carbonyl (C=O) groups is 1. The molecule has 0 aliphatic heterocycles. The Hall–Kier alpha value is -3.59. The number of amides is 1. The number of methoxy groups -OCH3 is 2. The first-order valence-corrected chi connectivity index (χ1v) is 12.0. The van der Waals surface area contributed by atoms with Crippen LogP contribution in [0.25, 0.3) is 0 Å². The fourth-order valence-corrected chi connectivity index (χ4v) is 4.48. The minimum Gasteiger partial charge on any atom is -0.493 e. The molecule has 0 radical (unpaired) electrons. The maximum atomic E-state index is 13.9. The van der Waals surface area contributed by atoms with E-state index in [1.54, 1.807) is 40.3 Å². The molecule has 0 aliphatic rings. The lowest BCUT2D eigenvalue weighted by atomic mass is 10.1. The van der Waals surface area contributed by atoms with Gasteiger partial charge in [0.1, 0.15) is 5.82 Å². The van der Waals surface area contributed by atoms with Crippen molar-refractivity contribution in [3.63, 3.8) is 0 Å². The van der Waals surface area contributed by atoms with Gasteiger partial charge in [-0.3, -0.25) is 9.52 Å². The number of ether oxygens (including phenoxy) is 2. The maximum Gasteiger partial charge on any atom is 0.262 e. The lowest BCUT2D eigenvalue weighted by molar-refractivity contribution is 0.0795. The summed E-state index contributed by atoms with van der Waals surface area (Å²) >= 11 is 0. The lowest BCUT2D eigenvalue weighted by Crippen LogP contribution is -2.29. The summed E-state index contributed by atoms with van der Waals surface area (Å²) in [5.41, 5.74) is 1.68. The average molecular weight is 487 g/mol. The second-order valence-corrected chi connectivity index (χ2v) is 9.41. The van der Waals surface area contributed by atoms with E-state index in [0.29, 0.717) is 30.0 Å². The molecule has 0 bridgehead atoms. The van der Waals surface area contributed by atoms with Crippen LogP contribution in [-0.2, 0) is 16.4 Å². The van der Waals surface area contributed by atoms with Gasteiger partial charge in [-0.05, 0) is 60.9 Å². The van der Waals surface area contributed by atoms with E-state index < -0.39 is 15.8 Å². The van der Waals surface area contributed by atoms with Crippen LogP contribution in [0.3, 0.4) is 0 Å². The minimum atomic E-state index is -4.09. The molecule has 0 atom stereocenters. The van der Waals surface area contributed by atoms with E-state index in [4.69, 9.17) is 9.47 Å². The number of para-hydroxylation sites is 1. The summed E-state index contributed by atoms with van der Waals surface area (Å²) in [6, 6.07) is 15.3. The number of nitrogens with one attached hydrogen (secondary N) is 1. The molecule has 7 nitrogen and oxygen atoms in total. The van der Waals surface area contributed by atoms with E-state index >= 15 is 0 Å². The molecule has 0 saturated carbocycles. The predicted molar refractivity (Wildman–Crippen MR) is 129 cm³/mol. The largest absolute Gasteiger partial charge is 0.493 e. The van der Waals surface area contributed by atoms with Gasteiger partial charge in [-0.15, -0.1) is 0 Å². The second-order valence-electron chi connectivity index (χ2n) is 7.73. The standard InChI is InChI=1S/C25H27FN2O5S/c1-17-9-11-19(34(30,31)27-22-8-6-5-7-21(22)26)16-20(17)25(29)28(2)14-13-18-10-12-23(32-3)24(15-18)33-4/h5-12,15-16,27H,13-14H2,1-4H3. The Morgan fingerprint density at radius 1 is 1.00 bits per heavy atom. The summed E-state index contributed by atoms with van der Waals surface area (Å²) in [6.07, 6.45) is 0.564. The molecule has 0 fully saturated rings. The van der Waals surface area contributed by atoms with Crippen molar-refractivity contribution in [2.24, 2.45) is 0 Å². The Morgan fingerprint density at radius 2 is 1.71 bits per heavy atom. The van der Waals surface area contributed by atoms with Crippen molar-refractivity contribution in [2.75, 3.05) is 32.5 Å². The van der Waals surface area contributed by atoms with E-state index in [1.165, 1.54) is 35.2 Å². The molecule has 0 unspecified atom stereocenters. The number of hydrogen-bond acceptors (Lipinski definition) is 5. The zero-order valence-corrected chi connectivity index (χ0v) is 20.3. The summed E-state index contributed by atoms with van der Waals surface area (Å²) in [4.78, 5) is 14.5. The first-order valence-electron chi connectivity index (χ1n) is 10.5. The van der Waals surface area contributed by atoms with Crippen molar-refractivity contribution in [3.05, 3.63) is 83.2 Å². The van der Waals surface area contributed by atoms with Gasteiger partial charge in [0.15, 0.2) is 11.5 Å². The number of aryl methyl sites for hydroxylation is 1. The van der Waals surface area contributed by atoms with Crippen LogP contribution in [0.4, 0.5) is 10.1 Å². The predicted octanol–water partition coefficient (Wildman–Crippen LogP) is 4.27. The van der Waals surface area contributed by atoms with E-state index in [2.05, 4.69) is 4.72 Å². The summed E-state index contributed by atoms with van der Waals surface area (Å²) < 4.78 is 52.3.